The number of likely N-dealkylation sites (N-methyl/N-ethyl adjacent to an activating group) is 1. The third kappa shape index (κ3) is 4.01. The molecule has 1 saturated heterocycles. The van der Waals surface area contributed by atoms with Crippen LogP contribution in [-0.4, -0.2) is 74.1 Å². The molecule has 0 bridgehead atoms. The molecule has 168 valence electrons. The van der Waals surface area contributed by atoms with Gasteiger partial charge in [-0.15, -0.1) is 0 Å². The van der Waals surface area contributed by atoms with Crippen LogP contribution >= 0.6 is 0 Å². The Labute approximate surface area is 186 Å². The van der Waals surface area contributed by atoms with Crippen molar-refractivity contribution in [3.05, 3.63) is 59.2 Å². The molecule has 32 heavy (non-hydrogen) atoms. The minimum absolute atomic E-state index is 0.0515. The maximum Gasteiger partial charge on any atom is 0.295 e. The summed E-state index contributed by atoms with van der Waals surface area (Å²) in [5, 5.41) is 11.2. The summed E-state index contributed by atoms with van der Waals surface area (Å²) in [7, 11) is 5.36. The zero-order valence-corrected chi connectivity index (χ0v) is 18.3. The molecule has 1 fully saturated rings. The second kappa shape index (κ2) is 8.92. The summed E-state index contributed by atoms with van der Waals surface area (Å²) in [4.78, 5) is 29.5. The maximum atomic E-state index is 13.1. The monoisotopic (exact) mass is 438 g/mol. The molecule has 2 aromatic rings. The van der Waals surface area contributed by atoms with Gasteiger partial charge in [0.15, 0.2) is 11.5 Å². The van der Waals surface area contributed by atoms with Gasteiger partial charge in [0, 0.05) is 18.7 Å². The molecule has 8 nitrogen and oxygen atoms in total. The van der Waals surface area contributed by atoms with Gasteiger partial charge < -0.3 is 29.1 Å². The van der Waals surface area contributed by atoms with E-state index in [-0.39, 0.29) is 11.3 Å². The number of nitrogens with zero attached hydrogens (tertiary/aromatic N) is 2. The van der Waals surface area contributed by atoms with E-state index in [0.29, 0.717) is 54.7 Å². The second-order valence-electron chi connectivity index (χ2n) is 7.93. The van der Waals surface area contributed by atoms with E-state index in [1.807, 2.05) is 19.0 Å². The van der Waals surface area contributed by atoms with Crippen LogP contribution in [0.3, 0.4) is 0 Å². The number of methoxy groups -OCH3 is 1. The molecule has 0 unspecified atom stereocenters. The number of hydrogen-bond donors (Lipinski definition) is 1. The second-order valence-corrected chi connectivity index (χ2v) is 7.93. The van der Waals surface area contributed by atoms with Gasteiger partial charge in [-0.05, 0) is 50.0 Å². The van der Waals surface area contributed by atoms with Crippen LogP contribution in [0.5, 0.6) is 17.2 Å². The van der Waals surface area contributed by atoms with E-state index >= 15 is 0 Å². The summed E-state index contributed by atoms with van der Waals surface area (Å²) < 4.78 is 16.4. The van der Waals surface area contributed by atoms with E-state index in [2.05, 4.69) is 0 Å². The van der Waals surface area contributed by atoms with E-state index in [9.17, 15) is 14.7 Å². The third-order valence-corrected chi connectivity index (χ3v) is 5.58. The molecule has 0 saturated carbocycles. The minimum Gasteiger partial charge on any atom is -0.507 e. The number of aliphatic hydroxyl groups is 1. The third-order valence-electron chi connectivity index (χ3n) is 5.58. The van der Waals surface area contributed by atoms with Crippen LogP contribution in [0.15, 0.2) is 48.0 Å². The summed E-state index contributed by atoms with van der Waals surface area (Å²) in [6.45, 7) is 1.76. The highest BCUT2D eigenvalue weighted by Crippen LogP contribution is 2.41. The van der Waals surface area contributed by atoms with Crippen LogP contribution in [-0.2, 0) is 9.59 Å². The van der Waals surface area contributed by atoms with Crippen molar-refractivity contribution in [3.8, 4) is 17.2 Å². The normalized spacial score (nSPS) is 19.5. The molecule has 8 heteroatoms. The number of ketones is 1. The molecule has 1 atom stereocenters. The standard InChI is InChI=1S/C24H26N2O6/c1-25(2)10-11-26-21(15-4-7-17(30-3)8-5-15)20(23(28)24(26)29)22(27)16-6-9-18-19(14-16)32-13-12-31-18/h4-9,14,21,27H,10-13H2,1-3H3/b22-20+/t21-/m0/s1. The molecule has 2 aliphatic heterocycles. The number of carbonyl (C=O) groups is 2. The Bertz CT molecular complexity index is 1060. The lowest BCUT2D eigenvalue weighted by Crippen LogP contribution is -2.35. The van der Waals surface area contributed by atoms with Crippen molar-refractivity contribution in [3.63, 3.8) is 0 Å². The van der Waals surface area contributed by atoms with Gasteiger partial charge in [-0.25, -0.2) is 0 Å². The molecule has 0 spiro atoms. The zero-order valence-electron chi connectivity index (χ0n) is 18.3. The van der Waals surface area contributed by atoms with Crippen molar-refractivity contribution in [1.29, 1.82) is 0 Å². The van der Waals surface area contributed by atoms with Crippen molar-refractivity contribution in [2.45, 2.75) is 6.04 Å². The SMILES string of the molecule is COc1ccc([C@H]2/C(=C(\O)c3ccc4c(c3)OCCO4)C(=O)C(=O)N2CCN(C)C)cc1. The molecule has 0 aromatic heterocycles. The molecule has 4 rings (SSSR count). The smallest absolute Gasteiger partial charge is 0.295 e. The highest BCUT2D eigenvalue weighted by Gasteiger charge is 2.46. The highest BCUT2D eigenvalue weighted by molar-refractivity contribution is 6.46. The number of Topliss-reactive ketones (excluding diaryl/α,β-unsaturated/α-hetero) is 1. The topological polar surface area (TPSA) is 88.5 Å². The highest BCUT2D eigenvalue weighted by atomic mass is 16.6. The Morgan fingerprint density at radius 1 is 1.09 bits per heavy atom. The van der Waals surface area contributed by atoms with Gasteiger partial charge in [0.05, 0.1) is 18.7 Å². The van der Waals surface area contributed by atoms with Crippen LogP contribution in [0.25, 0.3) is 5.76 Å². The van der Waals surface area contributed by atoms with Gasteiger partial charge >= 0.3 is 0 Å². The van der Waals surface area contributed by atoms with Crippen LogP contribution in [0.1, 0.15) is 17.2 Å². The zero-order chi connectivity index (χ0) is 22.8. The van der Waals surface area contributed by atoms with Crippen molar-refractivity contribution in [1.82, 2.24) is 9.80 Å². The first-order chi connectivity index (χ1) is 15.4. The number of amides is 1. The number of carbonyl (C=O) groups excluding carboxylic acids is 2. The Morgan fingerprint density at radius 2 is 1.78 bits per heavy atom. The van der Waals surface area contributed by atoms with E-state index < -0.39 is 17.7 Å². The predicted molar refractivity (Wildman–Crippen MR) is 118 cm³/mol. The number of ether oxygens (including phenoxy) is 3. The first-order valence-corrected chi connectivity index (χ1v) is 10.4. The van der Waals surface area contributed by atoms with Gasteiger partial charge in [0.1, 0.15) is 24.7 Å². The number of benzene rings is 2. The Balaban J connectivity index is 1.81. The van der Waals surface area contributed by atoms with E-state index in [1.54, 1.807) is 49.6 Å². The maximum absolute atomic E-state index is 13.1. The van der Waals surface area contributed by atoms with Gasteiger partial charge in [0.25, 0.3) is 11.7 Å². The molecule has 1 N–H and O–H groups in total. The Morgan fingerprint density at radius 3 is 2.44 bits per heavy atom. The van der Waals surface area contributed by atoms with Gasteiger partial charge in [-0.2, -0.15) is 0 Å². The first-order valence-electron chi connectivity index (χ1n) is 10.4. The number of rotatable bonds is 6. The number of fused-ring (bicyclic) bond motifs is 1. The first kappa shape index (κ1) is 21.7. The lowest BCUT2D eigenvalue weighted by molar-refractivity contribution is -0.140. The summed E-state index contributed by atoms with van der Waals surface area (Å²) in [5.74, 6) is 0.136. The Hall–Kier alpha value is -3.52. The molecular weight excluding hydrogens is 412 g/mol. The molecule has 2 heterocycles. The fourth-order valence-corrected chi connectivity index (χ4v) is 3.90. The molecule has 0 aliphatic carbocycles. The largest absolute Gasteiger partial charge is 0.507 e. The lowest BCUT2D eigenvalue weighted by atomic mass is 9.95. The molecule has 2 aliphatic rings. The van der Waals surface area contributed by atoms with Crippen molar-refractivity contribution in [2.24, 2.45) is 0 Å². The fourth-order valence-electron chi connectivity index (χ4n) is 3.90. The van der Waals surface area contributed by atoms with E-state index in [1.165, 1.54) is 4.90 Å². The Kier molecular flexibility index (Phi) is 6.05. The van der Waals surface area contributed by atoms with Crippen molar-refractivity contribution >= 4 is 17.4 Å². The van der Waals surface area contributed by atoms with E-state index in [0.717, 1.165) is 0 Å². The lowest BCUT2D eigenvalue weighted by Gasteiger charge is -2.26. The predicted octanol–water partition coefficient (Wildman–Crippen LogP) is 2.45. The van der Waals surface area contributed by atoms with Crippen LogP contribution in [0.4, 0.5) is 0 Å². The quantitative estimate of drug-likeness (QED) is 0.421. The number of likely N-dealkylation sites (tertiary alicyclic amines) is 1. The van der Waals surface area contributed by atoms with Gasteiger partial charge in [0.2, 0.25) is 0 Å². The molecular formula is C24H26N2O6. The van der Waals surface area contributed by atoms with Crippen LogP contribution in [0.2, 0.25) is 0 Å². The molecule has 1 amide bonds. The van der Waals surface area contributed by atoms with Gasteiger partial charge in [-0.1, -0.05) is 12.1 Å². The number of aliphatic hydroxyl groups excluding tert-OH is 1. The summed E-state index contributed by atoms with van der Waals surface area (Å²) in [6.07, 6.45) is 0. The fraction of sp³-hybridized carbons (Fsp3) is 0.333. The van der Waals surface area contributed by atoms with E-state index in [4.69, 9.17) is 14.2 Å². The number of hydrogen-bond acceptors (Lipinski definition) is 7. The molecule has 0 radical (unpaired) electrons. The minimum atomic E-state index is -0.714. The van der Waals surface area contributed by atoms with Crippen molar-refractivity contribution in [2.75, 3.05) is 47.5 Å². The average molecular weight is 438 g/mol. The van der Waals surface area contributed by atoms with Gasteiger partial charge in [-0.3, -0.25) is 9.59 Å². The summed E-state index contributed by atoms with van der Waals surface area (Å²) in [5.41, 5.74) is 1.15. The molecule has 2 aromatic carbocycles. The van der Waals surface area contributed by atoms with Crippen LogP contribution < -0.4 is 14.2 Å². The summed E-state index contributed by atoms with van der Waals surface area (Å²) >= 11 is 0. The van der Waals surface area contributed by atoms with Crippen LogP contribution in [0, 0.1) is 0 Å². The summed E-state index contributed by atoms with van der Waals surface area (Å²) in [6, 6.07) is 11.4. The van der Waals surface area contributed by atoms with Crippen molar-refractivity contribution < 1.29 is 28.9 Å². The average Bonchev–Trinajstić information content (AvgIpc) is 3.06.